The molecule has 0 spiro atoms. The molecule has 0 saturated carbocycles. The first-order valence-corrected chi connectivity index (χ1v) is 7.88. The largest absolute Gasteiger partial charge is 0.386 e. The molecule has 0 saturated heterocycles. The SMILES string of the molecule is CNc1cccnc1S(=O)(=O)NCCc1ccc(F)cc1. The zero-order valence-electron chi connectivity index (χ0n) is 11.5. The first-order valence-electron chi connectivity index (χ1n) is 6.40. The number of hydrogen-bond donors (Lipinski definition) is 2. The van der Waals surface area contributed by atoms with Crippen LogP contribution in [0.3, 0.4) is 0 Å². The molecule has 0 amide bonds. The van der Waals surface area contributed by atoms with Crippen molar-refractivity contribution in [3.8, 4) is 0 Å². The van der Waals surface area contributed by atoms with Crippen molar-refractivity contribution in [2.75, 3.05) is 18.9 Å². The molecule has 2 aromatic rings. The Kier molecular flexibility index (Phi) is 4.87. The third kappa shape index (κ3) is 3.99. The highest BCUT2D eigenvalue weighted by Crippen LogP contribution is 2.16. The van der Waals surface area contributed by atoms with E-state index in [-0.39, 0.29) is 17.4 Å². The van der Waals surface area contributed by atoms with Crippen LogP contribution in [0.2, 0.25) is 0 Å². The minimum absolute atomic E-state index is 0.0355. The Hall–Kier alpha value is -1.99. The number of benzene rings is 1. The van der Waals surface area contributed by atoms with Crippen LogP contribution in [0.4, 0.5) is 10.1 Å². The zero-order chi connectivity index (χ0) is 15.3. The van der Waals surface area contributed by atoms with E-state index in [0.29, 0.717) is 12.1 Å². The van der Waals surface area contributed by atoms with Crippen LogP contribution in [0.15, 0.2) is 47.6 Å². The number of aromatic nitrogens is 1. The van der Waals surface area contributed by atoms with Gasteiger partial charge in [-0.25, -0.2) is 22.5 Å². The molecule has 2 N–H and O–H groups in total. The van der Waals surface area contributed by atoms with Gasteiger partial charge >= 0.3 is 0 Å². The fourth-order valence-electron chi connectivity index (χ4n) is 1.84. The van der Waals surface area contributed by atoms with Crippen LogP contribution < -0.4 is 10.0 Å². The van der Waals surface area contributed by atoms with E-state index in [2.05, 4.69) is 15.0 Å². The Morgan fingerprint density at radius 3 is 2.57 bits per heavy atom. The summed E-state index contributed by atoms with van der Waals surface area (Å²) in [4.78, 5) is 3.90. The molecular formula is C14H16FN3O2S. The summed E-state index contributed by atoms with van der Waals surface area (Å²) in [5.74, 6) is -0.313. The predicted molar refractivity (Wildman–Crippen MR) is 79.1 cm³/mol. The fourth-order valence-corrected chi connectivity index (χ4v) is 3.01. The molecule has 0 aliphatic carbocycles. The smallest absolute Gasteiger partial charge is 0.260 e. The van der Waals surface area contributed by atoms with E-state index in [1.54, 1.807) is 31.3 Å². The van der Waals surface area contributed by atoms with Crippen LogP contribution in [0.1, 0.15) is 5.56 Å². The first kappa shape index (κ1) is 15.4. The molecule has 1 heterocycles. The van der Waals surface area contributed by atoms with Crippen molar-refractivity contribution < 1.29 is 12.8 Å². The van der Waals surface area contributed by atoms with Crippen LogP contribution in [-0.4, -0.2) is 27.0 Å². The van der Waals surface area contributed by atoms with E-state index in [0.717, 1.165) is 5.56 Å². The highest BCUT2D eigenvalue weighted by atomic mass is 32.2. The maximum atomic E-state index is 12.8. The maximum absolute atomic E-state index is 12.8. The summed E-state index contributed by atoms with van der Waals surface area (Å²) in [6, 6.07) is 9.25. The zero-order valence-corrected chi connectivity index (χ0v) is 12.3. The number of rotatable bonds is 6. The van der Waals surface area contributed by atoms with Crippen LogP contribution in [-0.2, 0) is 16.4 Å². The van der Waals surface area contributed by atoms with Gasteiger partial charge in [0, 0.05) is 19.8 Å². The van der Waals surface area contributed by atoms with Crippen molar-refractivity contribution in [3.63, 3.8) is 0 Å². The highest BCUT2D eigenvalue weighted by Gasteiger charge is 2.18. The highest BCUT2D eigenvalue weighted by molar-refractivity contribution is 7.89. The van der Waals surface area contributed by atoms with Crippen molar-refractivity contribution >= 4 is 15.7 Å². The number of pyridine rings is 1. The summed E-state index contributed by atoms with van der Waals surface area (Å²) in [7, 11) is -2.05. The Bertz CT molecular complexity index is 702. The number of nitrogens with zero attached hydrogens (tertiary/aromatic N) is 1. The topological polar surface area (TPSA) is 71.1 Å². The van der Waals surface area contributed by atoms with Gasteiger partial charge in [0.1, 0.15) is 5.82 Å². The number of nitrogens with one attached hydrogen (secondary N) is 2. The van der Waals surface area contributed by atoms with Gasteiger partial charge in [0.25, 0.3) is 10.0 Å². The lowest BCUT2D eigenvalue weighted by Crippen LogP contribution is -2.27. The van der Waals surface area contributed by atoms with Crippen molar-refractivity contribution in [1.82, 2.24) is 9.71 Å². The Balaban J connectivity index is 2.03. The molecule has 0 aliphatic heterocycles. The Labute approximate surface area is 123 Å². The van der Waals surface area contributed by atoms with E-state index < -0.39 is 10.0 Å². The molecule has 7 heteroatoms. The molecule has 2 rings (SSSR count). The molecular weight excluding hydrogens is 293 g/mol. The summed E-state index contributed by atoms with van der Waals surface area (Å²) < 4.78 is 39.6. The number of halogens is 1. The van der Waals surface area contributed by atoms with Gasteiger partial charge in [-0.15, -0.1) is 0 Å². The van der Waals surface area contributed by atoms with Crippen molar-refractivity contribution in [2.24, 2.45) is 0 Å². The van der Waals surface area contributed by atoms with Gasteiger partial charge in [-0.05, 0) is 36.2 Å². The average Bonchev–Trinajstić information content (AvgIpc) is 2.49. The maximum Gasteiger partial charge on any atom is 0.260 e. The van der Waals surface area contributed by atoms with Gasteiger partial charge < -0.3 is 5.32 Å². The van der Waals surface area contributed by atoms with E-state index in [4.69, 9.17) is 0 Å². The molecule has 1 aromatic carbocycles. The Morgan fingerprint density at radius 1 is 1.19 bits per heavy atom. The van der Waals surface area contributed by atoms with Gasteiger partial charge in [0.15, 0.2) is 5.03 Å². The molecule has 0 aliphatic rings. The van der Waals surface area contributed by atoms with Crippen molar-refractivity contribution in [3.05, 3.63) is 54.0 Å². The molecule has 0 radical (unpaired) electrons. The van der Waals surface area contributed by atoms with Gasteiger partial charge in [-0.3, -0.25) is 0 Å². The van der Waals surface area contributed by atoms with Gasteiger partial charge in [-0.2, -0.15) is 0 Å². The van der Waals surface area contributed by atoms with E-state index in [9.17, 15) is 12.8 Å². The van der Waals surface area contributed by atoms with Crippen molar-refractivity contribution in [1.29, 1.82) is 0 Å². The quantitative estimate of drug-likeness (QED) is 0.853. The van der Waals surface area contributed by atoms with Gasteiger partial charge in [0.05, 0.1) is 5.69 Å². The minimum atomic E-state index is -3.68. The van der Waals surface area contributed by atoms with Crippen molar-refractivity contribution in [2.45, 2.75) is 11.4 Å². The third-order valence-electron chi connectivity index (χ3n) is 2.91. The predicted octanol–water partition coefficient (Wildman–Crippen LogP) is 1.78. The molecule has 1 aromatic heterocycles. The minimum Gasteiger partial charge on any atom is -0.386 e. The molecule has 112 valence electrons. The summed E-state index contributed by atoms with van der Waals surface area (Å²) in [5.41, 5.74) is 1.29. The molecule has 21 heavy (non-hydrogen) atoms. The summed E-state index contributed by atoms with van der Waals surface area (Å²) >= 11 is 0. The summed E-state index contributed by atoms with van der Waals surface area (Å²) in [5, 5.41) is 2.76. The fraction of sp³-hybridized carbons (Fsp3) is 0.214. The van der Waals surface area contributed by atoms with Crippen LogP contribution in [0.25, 0.3) is 0 Å². The van der Waals surface area contributed by atoms with Gasteiger partial charge in [0.2, 0.25) is 0 Å². The normalized spacial score (nSPS) is 11.3. The molecule has 0 unspecified atom stereocenters. The molecule has 5 nitrogen and oxygen atoms in total. The average molecular weight is 309 g/mol. The standard InChI is InChI=1S/C14H16FN3O2S/c1-16-13-3-2-9-17-14(13)21(19,20)18-10-8-11-4-6-12(15)7-5-11/h2-7,9,16,18H,8,10H2,1H3. The van der Waals surface area contributed by atoms with E-state index in [1.165, 1.54) is 18.3 Å². The third-order valence-corrected chi connectivity index (χ3v) is 4.33. The number of sulfonamides is 1. The lowest BCUT2D eigenvalue weighted by atomic mass is 10.1. The lowest BCUT2D eigenvalue weighted by Gasteiger charge is -2.10. The second-order valence-corrected chi connectivity index (χ2v) is 6.06. The van der Waals surface area contributed by atoms with Crippen LogP contribution in [0, 0.1) is 5.82 Å². The Morgan fingerprint density at radius 2 is 1.90 bits per heavy atom. The molecule has 0 atom stereocenters. The monoisotopic (exact) mass is 309 g/mol. The van der Waals surface area contributed by atoms with E-state index in [1.807, 2.05) is 0 Å². The molecule has 0 bridgehead atoms. The number of hydrogen-bond acceptors (Lipinski definition) is 4. The number of anilines is 1. The summed E-state index contributed by atoms with van der Waals surface area (Å²) in [6.45, 7) is 0.216. The lowest BCUT2D eigenvalue weighted by molar-refractivity contribution is 0.578. The second-order valence-electron chi connectivity index (χ2n) is 4.38. The van der Waals surface area contributed by atoms with E-state index >= 15 is 0 Å². The van der Waals surface area contributed by atoms with Crippen LogP contribution >= 0.6 is 0 Å². The molecule has 0 fully saturated rings. The first-order chi connectivity index (χ1) is 10.0. The van der Waals surface area contributed by atoms with Gasteiger partial charge in [-0.1, -0.05) is 12.1 Å². The van der Waals surface area contributed by atoms with Crippen LogP contribution in [0.5, 0.6) is 0 Å². The second kappa shape index (κ2) is 6.64. The summed E-state index contributed by atoms with van der Waals surface area (Å²) in [6.07, 6.45) is 1.90.